The van der Waals surface area contributed by atoms with E-state index < -0.39 is 10.0 Å². The number of hydrogen-bond donors (Lipinski definition) is 1. The second kappa shape index (κ2) is 4.49. The van der Waals surface area contributed by atoms with E-state index in [1.165, 1.54) is 12.1 Å². The molecule has 0 aliphatic heterocycles. The van der Waals surface area contributed by atoms with Crippen LogP contribution in [-0.2, 0) is 21.8 Å². The summed E-state index contributed by atoms with van der Waals surface area (Å²) in [6, 6.07) is 4.48. The Kier molecular flexibility index (Phi) is 3.78. The molecule has 0 atom stereocenters. The van der Waals surface area contributed by atoms with Crippen molar-refractivity contribution in [1.29, 1.82) is 0 Å². The van der Waals surface area contributed by atoms with Gasteiger partial charge in [0.15, 0.2) is 0 Å². The Morgan fingerprint density at radius 2 is 1.71 bits per heavy atom. The molecule has 0 aromatic heterocycles. The summed E-state index contributed by atoms with van der Waals surface area (Å²) in [5.41, 5.74) is 1.50. The van der Waals surface area contributed by atoms with Crippen LogP contribution in [0.1, 0.15) is 11.1 Å². The predicted molar refractivity (Wildman–Crippen MR) is 56.9 cm³/mol. The minimum Gasteiger partial charge on any atom is -0.225 e. The smallest absolute Gasteiger partial charge is 0.225 e. The molecule has 0 radical (unpaired) electrons. The molecule has 0 unspecified atom stereocenters. The van der Waals surface area contributed by atoms with Crippen molar-refractivity contribution in [2.45, 2.75) is 16.7 Å². The highest BCUT2D eigenvalue weighted by Crippen LogP contribution is 2.18. The van der Waals surface area contributed by atoms with Gasteiger partial charge in [0, 0.05) is 11.8 Å². The lowest BCUT2D eigenvalue weighted by atomic mass is 10.1. The minimum atomic E-state index is -3.66. The highest BCUT2D eigenvalue weighted by Gasteiger charge is 2.10. The molecule has 3 nitrogen and oxygen atoms in total. The van der Waals surface area contributed by atoms with Gasteiger partial charge in [-0.3, -0.25) is 0 Å². The molecule has 0 fully saturated rings. The summed E-state index contributed by atoms with van der Waals surface area (Å²) in [6.45, 7) is 0. The fourth-order valence-corrected chi connectivity index (χ4v) is 2.11. The van der Waals surface area contributed by atoms with Gasteiger partial charge in [0.2, 0.25) is 10.0 Å². The normalized spacial score (nSPS) is 11.6. The van der Waals surface area contributed by atoms with Crippen LogP contribution in [0, 0.1) is 0 Å². The van der Waals surface area contributed by atoms with Gasteiger partial charge in [0.25, 0.3) is 0 Å². The molecule has 0 saturated carbocycles. The first-order chi connectivity index (χ1) is 6.49. The lowest BCUT2D eigenvalue weighted by molar-refractivity contribution is 0.597. The van der Waals surface area contributed by atoms with Gasteiger partial charge in [-0.05, 0) is 23.3 Å². The highest BCUT2D eigenvalue weighted by atomic mass is 35.5. The largest absolute Gasteiger partial charge is 0.238 e. The average molecular weight is 254 g/mol. The van der Waals surface area contributed by atoms with Gasteiger partial charge in [-0.15, -0.1) is 23.2 Å². The highest BCUT2D eigenvalue weighted by molar-refractivity contribution is 7.89. The molecule has 0 aliphatic carbocycles. The third kappa shape index (κ3) is 2.60. The van der Waals surface area contributed by atoms with E-state index in [2.05, 4.69) is 0 Å². The second-order valence-electron chi connectivity index (χ2n) is 2.74. The summed E-state index contributed by atoms with van der Waals surface area (Å²) in [5.74, 6) is 0.512. The van der Waals surface area contributed by atoms with Crippen LogP contribution >= 0.6 is 23.2 Å². The van der Waals surface area contributed by atoms with Crippen molar-refractivity contribution in [2.75, 3.05) is 0 Å². The van der Waals surface area contributed by atoms with E-state index in [9.17, 15) is 8.42 Å². The van der Waals surface area contributed by atoms with Crippen LogP contribution in [0.4, 0.5) is 0 Å². The number of nitrogens with two attached hydrogens (primary N) is 1. The van der Waals surface area contributed by atoms with Crippen LogP contribution < -0.4 is 5.14 Å². The van der Waals surface area contributed by atoms with Crippen LogP contribution in [0.2, 0.25) is 0 Å². The van der Waals surface area contributed by atoms with Gasteiger partial charge in [-0.25, -0.2) is 13.6 Å². The average Bonchev–Trinajstić information content (AvgIpc) is 2.15. The molecule has 1 aromatic rings. The van der Waals surface area contributed by atoms with Crippen LogP contribution in [0.3, 0.4) is 0 Å². The molecule has 0 spiro atoms. The molecule has 78 valence electrons. The summed E-state index contributed by atoms with van der Waals surface area (Å²) < 4.78 is 22.0. The minimum absolute atomic E-state index is 0.0574. The van der Waals surface area contributed by atoms with Crippen LogP contribution in [-0.4, -0.2) is 8.42 Å². The van der Waals surface area contributed by atoms with Crippen molar-refractivity contribution in [3.05, 3.63) is 29.3 Å². The Bertz CT molecular complexity index is 431. The summed E-state index contributed by atoms with van der Waals surface area (Å²) >= 11 is 11.3. The lowest BCUT2D eigenvalue weighted by Crippen LogP contribution is -2.12. The van der Waals surface area contributed by atoms with E-state index >= 15 is 0 Å². The molecule has 1 rings (SSSR count). The number of alkyl halides is 2. The summed E-state index contributed by atoms with van der Waals surface area (Å²) in [4.78, 5) is 0.0574. The second-order valence-corrected chi connectivity index (χ2v) is 4.84. The van der Waals surface area contributed by atoms with E-state index in [0.717, 1.165) is 5.56 Å². The van der Waals surface area contributed by atoms with Gasteiger partial charge >= 0.3 is 0 Å². The third-order valence-electron chi connectivity index (χ3n) is 1.79. The van der Waals surface area contributed by atoms with Gasteiger partial charge < -0.3 is 0 Å². The van der Waals surface area contributed by atoms with Gasteiger partial charge in [-0.1, -0.05) is 6.07 Å². The SMILES string of the molecule is NS(=O)(=O)c1ccc(CCl)c(CCl)c1. The predicted octanol–water partition coefficient (Wildman–Crippen LogP) is 1.81. The van der Waals surface area contributed by atoms with Crippen LogP contribution in [0.15, 0.2) is 23.1 Å². The molecule has 0 heterocycles. The molecule has 0 saturated heterocycles. The molecule has 2 N–H and O–H groups in total. The van der Waals surface area contributed by atoms with Crippen LogP contribution in [0.25, 0.3) is 0 Å². The van der Waals surface area contributed by atoms with E-state index in [0.29, 0.717) is 11.4 Å². The Labute approximate surface area is 92.9 Å². The maximum atomic E-state index is 11.0. The maximum Gasteiger partial charge on any atom is 0.238 e. The van der Waals surface area contributed by atoms with Crippen molar-refractivity contribution < 1.29 is 8.42 Å². The first-order valence-electron chi connectivity index (χ1n) is 3.75. The quantitative estimate of drug-likeness (QED) is 0.836. The first-order valence-corrected chi connectivity index (χ1v) is 6.37. The molecule has 1 aromatic carbocycles. The molecule has 0 amide bonds. The lowest BCUT2D eigenvalue weighted by Gasteiger charge is -2.05. The van der Waals surface area contributed by atoms with Gasteiger partial charge in [0.05, 0.1) is 4.90 Å². The molecule has 0 bridgehead atoms. The van der Waals surface area contributed by atoms with Crippen molar-refractivity contribution in [1.82, 2.24) is 0 Å². The van der Waals surface area contributed by atoms with E-state index in [-0.39, 0.29) is 10.8 Å². The first kappa shape index (κ1) is 11.8. The monoisotopic (exact) mass is 253 g/mol. The van der Waals surface area contributed by atoms with E-state index in [4.69, 9.17) is 28.3 Å². The van der Waals surface area contributed by atoms with E-state index in [1.807, 2.05) is 0 Å². The molecular weight excluding hydrogens is 245 g/mol. The van der Waals surface area contributed by atoms with Crippen molar-refractivity contribution in [3.8, 4) is 0 Å². The third-order valence-corrected chi connectivity index (χ3v) is 3.28. The number of primary sulfonamides is 1. The zero-order valence-electron chi connectivity index (χ0n) is 7.20. The number of halogens is 2. The molecular formula is C8H9Cl2NO2S. The summed E-state index contributed by atoms with van der Waals surface area (Å²) in [5, 5.41) is 4.97. The molecule has 6 heteroatoms. The van der Waals surface area contributed by atoms with Gasteiger partial charge in [-0.2, -0.15) is 0 Å². The fraction of sp³-hybridized carbons (Fsp3) is 0.250. The number of benzene rings is 1. The Balaban J connectivity index is 3.28. The van der Waals surface area contributed by atoms with Crippen molar-refractivity contribution in [2.24, 2.45) is 5.14 Å². The zero-order chi connectivity index (χ0) is 10.8. The standard InChI is InChI=1S/C8H9Cl2NO2S/c9-4-6-1-2-8(14(11,12)13)3-7(6)5-10/h1-3H,4-5H2,(H2,11,12,13). The Hall–Kier alpha value is -0.290. The Morgan fingerprint density at radius 3 is 2.14 bits per heavy atom. The zero-order valence-corrected chi connectivity index (χ0v) is 9.53. The topological polar surface area (TPSA) is 60.2 Å². The van der Waals surface area contributed by atoms with Crippen LogP contribution in [0.5, 0.6) is 0 Å². The maximum absolute atomic E-state index is 11.0. The number of hydrogen-bond acceptors (Lipinski definition) is 2. The molecule has 14 heavy (non-hydrogen) atoms. The molecule has 0 aliphatic rings. The van der Waals surface area contributed by atoms with Gasteiger partial charge in [0.1, 0.15) is 0 Å². The van der Waals surface area contributed by atoms with Crippen molar-refractivity contribution >= 4 is 33.2 Å². The summed E-state index contributed by atoms with van der Waals surface area (Å²) in [6.07, 6.45) is 0. The Morgan fingerprint density at radius 1 is 1.14 bits per heavy atom. The summed E-state index contributed by atoms with van der Waals surface area (Å²) in [7, 11) is -3.66. The number of rotatable bonds is 3. The van der Waals surface area contributed by atoms with E-state index in [1.54, 1.807) is 6.07 Å². The fourth-order valence-electron chi connectivity index (χ4n) is 1.03. The number of sulfonamides is 1. The van der Waals surface area contributed by atoms with Crippen molar-refractivity contribution in [3.63, 3.8) is 0 Å².